The van der Waals surface area contributed by atoms with E-state index in [0.717, 1.165) is 30.4 Å². The minimum Gasteiger partial charge on any atom is -0.367 e. The Morgan fingerprint density at radius 2 is 1.75 bits per heavy atom. The Bertz CT molecular complexity index is 753. The Kier molecular flexibility index (Phi) is 3.80. The summed E-state index contributed by atoms with van der Waals surface area (Å²) in [7, 11) is 0. The zero-order chi connectivity index (χ0) is 14.1. The Hall–Kier alpha value is -1.34. The van der Waals surface area contributed by atoms with E-state index in [1.807, 2.05) is 48.5 Å². The van der Waals surface area contributed by atoms with Gasteiger partial charge in [0.1, 0.15) is 5.69 Å². The molecule has 20 heavy (non-hydrogen) atoms. The topological polar surface area (TPSA) is 52.0 Å². The number of nitrogens with two attached hydrogens (primary N) is 1. The first-order valence-electron chi connectivity index (χ1n) is 5.93. The van der Waals surface area contributed by atoms with E-state index in [0.29, 0.717) is 5.88 Å². The molecule has 0 radical (unpaired) electrons. The summed E-state index contributed by atoms with van der Waals surface area (Å²) in [5.41, 5.74) is 9.57. The number of nitrogens with zero attached hydrogens (tertiary/aromatic N) is 1. The van der Waals surface area contributed by atoms with Crippen LogP contribution in [0.15, 0.2) is 57.5 Å². The van der Waals surface area contributed by atoms with Gasteiger partial charge in [-0.15, -0.1) is 0 Å². The van der Waals surface area contributed by atoms with Gasteiger partial charge in [0.25, 0.3) is 0 Å². The van der Waals surface area contributed by atoms with Gasteiger partial charge in [-0.2, -0.15) is 0 Å². The van der Waals surface area contributed by atoms with Crippen LogP contribution in [-0.2, 0) is 0 Å². The fourth-order valence-electron chi connectivity index (χ4n) is 2.04. The minimum atomic E-state index is 0.335. The highest BCUT2D eigenvalue weighted by molar-refractivity contribution is 14.1. The molecule has 0 atom stereocenters. The third kappa shape index (κ3) is 2.47. The molecule has 0 saturated heterocycles. The van der Waals surface area contributed by atoms with E-state index >= 15 is 0 Å². The van der Waals surface area contributed by atoms with Gasteiger partial charge in [0, 0.05) is 13.6 Å². The second-order valence-corrected chi connectivity index (χ2v) is 6.34. The predicted molar refractivity (Wildman–Crippen MR) is 92.2 cm³/mol. The van der Waals surface area contributed by atoms with Crippen molar-refractivity contribution in [1.29, 1.82) is 0 Å². The second kappa shape index (κ2) is 5.57. The van der Waals surface area contributed by atoms with Crippen LogP contribution < -0.4 is 5.73 Å². The maximum absolute atomic E-state index is 5.96. The van der Waals surface area contributed by atoms with Crippen molar-refractivity contribution < 1.29 is 4.52 Å². The smallest absolute Gasteiger partial charge is 0.230 e. The van der Waals surface area contributed by atoms with E-state index < -0.39 is 0 Å². The molecule has 0 bridgehead atoms. The van der Waals surface area contributed by atoms with Crippen LogP contribution in [0.2, 0.25) is 0 Å². The maximum atomic E-state index is 5.96. The molecule has 0 aliphatic heterocycles. The number of hydrogen-bond donors (Lipinski definition) is 1. The lowest BCUT2D eigenvalue weighted by atomic mass is 10.0. The van der Waals surface area contributed by atoms with Crippen molar-refractivity contribution in [2.24, 2.45) is 0 Å². The highest BCUT2D eigenvalue weighted by atomic mass is 127. The predicted octanol–water partition coefficient (Wildman–Crippen LogP) is 4.96. The van der Waals surface area contributed by atoms with Gasteiger partial charge in [-0.3, -0.25) is 0 Å². The van der Waals surface area contributed by atoms with E-state index in [-0.39, 0.29) is 0 Å². The van der Waals surface area contributed by atoms with E-state index in [1.165, 1.54) is 0 Å². The van der Waals surface area contributed by atoms with Crippen molar-refractivity contribution in [2.45, 2.75) is 0 Å². The van der Waals surface area contributed by atoms with Crippen molar-refractivity contribution in [3.8, 4) is 22.4 Å². The van der Waals surface area contributed by atoms with Gasteiger partial charge in [0.05, 0.1) is 5.56 Å². The van der Waals surface area contributed by atoms with E-state index in [1.54, 1.807) is 0 Å². The first-order valence-corrected chi connectivity index (χ1v) is 7.80. The molecule has 0 fully saturated rings. The number of halogens is 2. The SMILES string of the molecule is Nc1onc(-c2ccccc2I)c1-c1ccc(Br)cc1. The summed E-state index contributed by atoms with van der Waals surface area (Å²) >= 11 is 5.72. The number of anilines is 1. The first kappa shape index (κ1) is 13.6. The van der Waals surface area contributed by atoms with E-state index in [4.69, 9.17) is 10.3 Å². The van der Waals surface area contributed by atoms with Gasteiger partial charge in [-0.1, -0.05) is 51.4 Å². The fourth-order valence-corrected chi connectivity index (χ4v) is 2.94. The third-order valence-electron chi connectivity index (χ3n) is 2.98. The summed E-state index contributed by atoms with van der Waals surface area (Å²) in [6.45, 7) is 0. The number of hydrogen-bond acceptors (Lipinski definition) is 3. The lowest BCUT2D eigenvalue weighted by Gasteiger charge is -2.05. The van der Waals surface area contributed by atoms with Crippen LogP contribution in [-0.4, -0.2) is 5.16 Å². The molecular weight excluding hydrogens is 431 g/mol. The van der Waals surface area contributed by atoms with Crippen molar-refractivity contribution >= 4 is 44.4 Å². The summed E-state index contributed by atoms with van der Waals surface area (Å²) in [4.78, 5) is 0. The molecule has 3 rings (SSSR count). The molecule has 0 aliphatic carbocycles. The molecule has 5 heteroatoms. The van der Waals surface area contributed by atoms with Crippen molar-refractivity contribution in [3.05, 3.63) is 56.6 Å². The highest BCUT2D eigenvalue weighted by Crippen LogP contribution is 2.38. The molecule has 0 amide bonds. The summed E-state index contributed by atoms with van der Waals surface area (Å²) in [5, 5.41) is 4.13. The quantitative estimate of drug-likeness (QED) is 0.573. The monoisotopic (exact) mass is 440 g/mol. The highest BCUT2D eigenvalue weighted by Gasteiger charge is 2.18. The van der Waals surface area contributed by atoms with Crippen LogP contribution in [0.5, 0.6) is 0 Å². The van der Waals surface area contributed by atoms with Crippen molar-refractivity contribution in [3.63, 3.8) is 0 Å². The Morgan fingerprint density at radius 1 is 1.05 bits per heavy atom. The Labute approximate surface area is 138 Å². The van der Waals surface area contributed by atoms with Crippen LogP contribution >= 0.6 is 38.5 Å². The van der Waals surface area contributed by atoms with Gasteiger partial charge < -0.3 is 10.3 Å². The van der Waals surface area contributed by atoms with Crippen molar-refractivity contribution in [2.75, 3.05) is 5.73 Å². The molecule has 0 aliphatic rings. The second-order valence-electron chi connectivity index (χ2n) is 4.26. The van der Waals surface area contributed by atoms with Crippen molar-refractivity contribution in [1.82, 2.24) is 5.16 Å². The summed E-state index contributed by atoms with van der Waals surface area (Å²) in [6, 6.07) is 16.0. The Morgan fingerprint density at radius 3 is 2.45 bits per heavy atom. The molecule has 1 aromatic heterocycles. The van der Waals surface area contributed by atoms with Crippen LogP contribution in [0.25, 0.3) is 22.4 Å². The van der Waals surface area contributed by atoms with Crippen LogP contribution in [0, 0.1) is 3.57 Å². The van der Waals surface area contributed by atoms with Crippen LogP contribution in [0.3, 0.4) is 0 Å². The lowest BCUT2D eigenvalue weighted by Crippen LogP contribution is -1.89. The van der Waals surface area contributed by atoms with Gasteiger partial charge in [-0.25, -0.2) is 0 Å². The number of rotatable bonds is 2. The van der Waals surface area contributed by atoms with Gasteiger partial charge in [-0.05, 0) is 46.4 Å². The van der Waals surface area contributed by atoms with E-state index in [2.05, 4.69) is 43.7 Å². The van der Waals surface area contributed by atoms with Gasteiger partial charge in [0.15, 0.2) is 0 Å². The fraction of sp³-hybridized carbons (Fsp3) is 0. The summed E-state index contributed by atoms with van der Waals surface area (Å²) in [5.74, 6) is 0.335. The number of benzene rings is 2. The maximum Gasteiger partial charge on any atom is 0.230 e. The molecule has 0 unspecified atom stereocenters. The summed E-state index contributed by atoms with van der Waals surface area (Å²) < 4.78 is 7.33. The minimum absolute atomic E-state index is 0.335. The first-order chi connectivity index (χ1) is 9.66. The normalized spacial score (nSPS) is 10.7. The lowest BCUT2D eigenvalue weighted by molar-refractivity contribution is 0.439. The molecule has 1 heterocycles. The Balaban J connectivity index is 2.20. The zero-order valence-corrected chi connectivity index (χ0v) is 14.1. The molecule has 3 nitrogen and oxygen atoms in total. The van der Waals surface area contributed by atoms with Crippen LogP contribution in [0.4, 0.5) is 5.88 Å². The van der Waals surface area contributed by atoms with Gasteiger partial charge >= 0.3 is 0 Å². The number of aromatic nitrogens is 1. The molecule has 2 N–H and O–H groups in total. The molecule has 0 saturated carbocycles. The average molecular weight is 441 g/mol. The molecule has 0 spiro atoms. The third-order valence-corrected chi connectivity index (χ3v) is 4.45. The van der Waals surface area contributed by atoms with Gasteiger partial charge in [0.2, 0.25) is 5.88 Å². The average Bonchev–Trinajstić information content (AvgIpc) is 2.82. The number of nitrogen functional groups attached to an aromatic ring is 1. The summed E-state index contributed by atoms with van der Waals surface area (Å²) in [6.07, 6.45) is 0. The molecule has 3 aromatic rings. The largest absolute Gasteiger partial charge is 0.367 e. The standard InChI is InChI=1S/C15H10BrIN2O/c16-10-7-5-9(6-8-10)13-14(19-20-15(13)18)11-3-1-2-4-12(11)17/h1-8H,18H2. The van der Waals surface area contributed by atoms with Crippen LogP contribution in [0.1, 0.15) is 0 Å². The zero-order valence-electron chi connectivity index (χ0n) is 10.3. The molecular formula is C15H10BrIN2O. The molecule has 2 aromatic carbocycles. The molecule has 100 valence electrons. The van der Waals surface area contributed by atoms with E-state index in [9.17, 15) is 0 Å².